The van der Waals surface area contributed by atoms with Crippen LogP contribution in [0.4, 0.5) is 0 Å². The maximum absolute atomic E-state index is 11.2. The van der Waals surface area contributed by atoms with Crippen molar-refractivity contribution in [2.24, 2.45) is 0 Å². The van der Waals surface area contributed by atoms with E-state index in [0.29, 0.717) is 16.5 Å². The molecule has 4 nitrogen and oxygen atoms in total. The van der Waals surface area contributed by atoms with E-state index in [1.165, 1.54) is 0 Å². The first-order chi connectivity index (χ1) is 7.27. The van der Waals surface area contributed by atoms with Gasteiger partial charge in [0.2, 0.25) is 0 Å². The topological polar surface area (TPSA) is 55.7 Å². The van der Waals surface area contributed by atoms with E-state index < -0.39 is 10.8 Å². The van der Waals surface area contributed by atoms with E-state index in [1.54, 1.807) is 24.7 Å². The standard InChI is InChI=1S/C10H9N3OS.ClH/c1-15(14)9-5-7-12-10(13-9)8-4-2-3-6-11-8;/h2-7H,1H3;1H. The van der Waals surface area contributed by atoms with E-state index in [-0.39, 0.29) is 12.4 Å². The third-order valence-corrected chi connectivity index (χ3v) is 2.63. The van der Waals surface area contributed by atoms with Crippen LogP contribution in [0.5, 0.6) is 0 Å². The van der Waals surface area contributed by atoms with Crippen molar-refractivity contribution in [3.63, 3.8) is 0 Å². The van der Waals surface area contributed by atoms with Gasteiger partial charge in [0.25, 0.3) is 0 Å². The summed E-state index contributed by atoms with van der Waals surface area (Å²) in [7, 11) is -1.09. The summed E-state index contributed by atoms with van der Waals surface area (Å²) in [5, 5.41) is 0.519. The fraction of sp³-hybridized carbons (Fsp3) is 0.100. The van der Waals surface area contributed by atoms with Crippen LogP contribution in [0.15, 0.2) is 41.7 Å². The molecule has 0 aliphatic heterocycles. The van der Waals surface area contributed by atoms with Crippen LogP contribution in [0.25, 0.3) is 11.5 Å². The molecule has 2 aromatic rings. The minimum atomic E-state index is -1.09. The molecular formula is C10H10ClN3OS. The van der Waals surface area contributed by atoms with Gasteiger partial charge in [0, 0.05) is 18.6 Å². The molecule has 0 spiro atoms. The van der Waals surface area contributed by atoms with Crippen molar-refractivity contribution in [3.8, 4) is 11.5 Å². The van der Waals surface area contributed by atoms with Crippen molar-refractivity contribution < 1.29 is 4.21 Å². The molecule has 0 radical (unpaired) electrons. The molecule has 0 saturated carbocycles. The fourth-order valence-electron chi connectivity index (χ4n) is 1.12. The molecule has 1 unspecified atom stereocenters. The summed E-state index contributed by atoms with van der Waals surface area (Å²) >= 11 is 0. The lowest BCUT2D eigenvalue weighted by atomic mass is 10.3. The van der Waals surface area contributed by atoms with Gasteiger partial charge in [-0.15, -0.1) is 12.4 Å². The molecule has 0 aliphatic rings. The molecule has 0 bridgehead atoms. The molecule has 0 saturated heterocycles. The quantitative estimate of drug-likeness (QED) is 0.767. The maximum Gasteiger partial charge on any atom is 0.179 e. The lowest BCUT2D eigenvalue weighted by molar-refractivity contribution is 0.684. The van der Waals surface area contributed by atoms with Gasteiger partial charge in [0.05, 0.1) is 10.8 Å². The van der Waals surface area contributed by atoms with E-state index in [9.17, 15) is 4.21 Å². The summed E-state index contributed by atoms with van der Waals surface area (Å²) < 4.78 is 11.2. The Morgan fingerprint density at radius 2 is 1.94 bits per heavy atom. The Balaban J connectivity index is 0.00000128. The lowest BCUT2D eigenvalue weighted by Gasteiger charge is -1.99. The van der Waals surface area contributed by atoms with Crippen LogP contribution in [-0.2, 0) is 10.8 Å². The number of aromatic nitrogens is 3. The monoisotopic (exact) mass is 255 g/mol. The molecule has 1 atom stereocenters. The van der Waals surface area contributed by atoms with Gasteiger partial charge in [-0.3, -0.25) is 9.19 Å². The van der Waals surface area contributed by atoms with Crippen LogP contribution in [-0.4, -0.2) is 25.4 Å². The van der Waals surface area contributed by atoms with E-state index in [1.807, 2.05) is 18.2 Å². The molecule has 2 aromatic heterocycles. The van der Waals surface area contributed by atoms with Crippen LogP contribution in [0.3, 0.4) is 0 Å². The van der Waals surface area contributed by atoms with Crippen molar-refractivity contribution in [3.05, 3.63) is 36.7 Å². The summed E-state index contributed by atoms with van der Waals surface area (Å²) in [6, 6.07) is 7.15. The summed E-state index contributed by atoms with van der Waals surface area (Å²) in [6.07, 6.45) is 4.85. The highest BCUT2D eigenvalue weighted by Crippen LogP contribution is 2.11. The summed E-state index contributed by atoms with van der Waals surface area (Å²) in [4.78, 5) is 12.4. The average molecular weight is 256 g/mol. The van der Waals surface area contributed by atoms with Gasteiger partial charge in [-0.2, -0.15) is 0 Å². The predicted molar refractivity (Wildman–Crippen MR) is 64.8 cm³/mol. The van der Waals surface area contributed by atoms with Gasteiger partial charge in [0.15, 0.2) is 5.82 Å². The Labute approximate surface area is 102 Å². The average Bonchev–Trinajstić information content (AvgIpc) is 2.30. The van der Waals surface area contributed by atoms with Crippen LogP contribution >= 0.6 is 12.4 Å². The van der Waals surface area contributed by atoms with Gasteiger partial charge in [-0.25, -0.2) is 9.97 Å². The van der Waals surface area contributed by atoms with Gasteiger partial charge in [-0.1, -0.05) is 6.07 Å². The lowest BCUT2D eigenvalue weighted by Crippen LogP contribution is -1.97. The Bertz CT molecular complexity index is 492. The molecule has 0 N–H and O–H groups in total. The molecule has 84 valence electrons. The summed E-state index contributed by atoms with van der Waals surface area (Å²) in [5.41, 5.74) is 0.685. The highest BCUT2D eigenvalue weighted by molar-refractivity contribution is 7.84. The van der Waals surface area contributed by atoms with Crippen molar-refractivity contribution in [2.45, 2.75) is 5.03 Å². The first-order valence-corrected chi connectivity index (χ1v) is 5.91. The molecule has 6 heteroatoms. The Kier molecular flexibility index (Phi) is 4.52. The molecule has 2 heterocycles. The van der Waals surface area contributed by atoms with Crippen LogP contribution < -0.4 is 0 Å². The normalized spacial score (nSPS) is 11.6. The Morgan fingerprint density at radius 1 is 1.12 bits per heavy atom. The third-order valence-electron chi connectivity index (χ3n) is 1.82. The molecule has 0 fully saturated rings. The third kappa shape index (κ3) is 2.84. The number of rotatable bonds is 2. The van der Waals surface area contributed by atoms with Gasteiger partial charge < -0.3 is 0 Å². The summed E-state index contributed by atoms with van der Waals surface area (Å²) in [5.74, 6) is 0.503. The zero-order chi connectivity index (χ0) is 10.7. The highest BCUT2D eigenvalue weighted by Gasteiger charge is 2.04. The van der Waals surface area contributed by atoms with Crippen LogP contribution in [0, 0.1) is 0 Å². The molecule has 0 amide bonds. The van der Waals surface area contributed by atoms with Gasteiger partial charge in [-0.05, 0) is 18.2 Å². The number of nitrogens with zero attached hydrogens (tertiary/aromatic N) is 3. The van der Waals surface area contributed by atoms with Crippen molar-refractivity contribution in [1.82, 2.24) is 15.0 Å². The SMILES string of the molecule is CS(=O)c1ccnc(-c2ccccn2)n1.Cl. The zero-order valence-electron chi connectivity index (χ0n) is 8.53. The largest absolute Gasteiger partial charge is 0.253 e. The highest BCUT2D eigenvalue weighted by atomic mass is 35.5. The van der Waals surface area contributed by atoms with Crippen LogP contribution in [0.2, 0.25) is 0 Å². The molecule has 2 rings (SSSR count). The zero-order valence-corrected chi connectivity index (χ0v) is 10.2. The van der Waals surface area contributed by atoms with E-state index in [4.69, 9.17) is 0 Å². The second-order valence-corrected chi connectivity index (χ2v) is 4.21. The number of hydrogen-bond acceptors (Lipinski definition) is 4. The van der Waals surface area contributed by atoms with E-state index >= 15 is 0 Å². The van der Waals surface area contributed by atoms with E-state index in [0.717, 1.165) is 0 Å². The minimum absolute atomic E-state index is 0. The Morgan fingerprint density at radius 3 is 2.56 bits per heavy atom. The minimum Gasteiger partial charge on any atom is -0.253 e. The molecule has 0 aromatic carbocycles. The fourth-order valence-corrected chi connectivity index (χ4v) is 1.59. The number of halogens is 1. The maximum atomic E-state index is 11.2. The molecule has 0 aliphatic carbocycles. The predicted octanol–water partition coefficient (Wildman–Crippen LogP) is 1.70. The second-order valence-electron chi connectivity index (χ2n) is 2.89. The smallest absolute Gasteiger partial charge is 0.179 e. The number of pyridine rings is 1. The molecular weight excluding hydrogens is 246 g/mol. The number of hydrogen-bond donors (Lipinski definition) is 0. The summed E-state index contributed by atoms with van der Waals surface area (Å²) in [6.45, 7) is 0. The van der Waals surface area contributed by atoms with Crippen LogP contribution in [0.1, 0.15) is 0 Å². The molecule has 16 heavy (non-hydrogen) atoms. The van der Waals surface area contributed by atoms with Crippen molar-refractivity contribution in [2.75, 3.05) is 6.26 Å². The van der Waals surface area contributed by atoms with E-state index in [2.05, 4.69) is 15.0 Å². The van der Waals surface area contributed by atoms with Gasteiger partial charge in [0.1, 0.15) is 10.7 Å². The van der Waals surface area contributed by atoms with Crippen molar-refractivity contribution >= 4 is 23.2 Å². The first-order valence-electron chi connectivity index (χ1n) is 4.35. The van der Waals surface area contributed by atoms with Gasteiger partial charge >= 0.3 is 0 Å². The first kappa shape index (κ1) is 12.7. The van der Waals surface area contributed by atoms with Crippen molar-refractivity contribution in [1.29, 1.82) is 0 Å². The second kappa shape index (κ2) is 5.67. The Hall–Kier alpha value is -1.33.